The van der Waals surface area contributed by atoms with E-state index in [2.05, 4.69) is 10.6 Å². The number of hydrogen-bond donors (Lipinski definition) is 4. The van der Waals surface area contributed by atoms with E-state index in [4.69, 9.17) is 20.6 Å². The Kier molecular flexibility index (Phi) is 9.04. The second-order valence-corrected chi connectivity index (χ2v) is 6.05. The first-order chi connectivity index (χ1) is 12.4. The molecule has 1 aliphatic rings. The van der Waals surface area contributed by atoms with Crippen molar-refractivity contribution in [3.05, 3.63) is 11.6 Å². The molecular formula is C17H29FN4O4. The van der Waals surface area contributed by atoms with Crippen LogP contribution in [0.4, 0.5) is 4.39 Å². The van der Waals surface area contributed by atoms with Crippen LogP contribution in [-0.4, -0.2) is 55.4 Å². The fourth-order valence-electron chi connectivity index (χ4n) is 2.91. The molecule has 0 aromatic rings. The fourth-order valence-corrected chi connectivity index (χ4v) is 2.91. The number of carbonyl (C=O) groups excluding carboxylic acids is 2. The average molecular weight is 372 g/mol. The van der Waals surface area contributed by atoms with Gasteiger partial charge in [0.2, 0.25) is 0 Å². The van der Waals surface area contributed by atoms with Gasteiger partial charge < -0.3 is 25.8 Å². The third kappa shape index (κ3) is 6.29. The number of guanidine groups is 1. The summed E-state index contributed by atoms with van der Waals surface area (Å²) in [6.45, 7) is 4.69. The number of carbonyl (C=O) groups is 2. The lowest BCUT2D eigenvalue weighted by molar-refractivity contribution is -0.139. The first kappa shape index (κ1) is 21.9. The number of esters is 1. The zero-order valence-electron chi connectivity index (χ0n) is 15.5. The highest BCUT2D eigenvalue weighted by Gasteiger charge is 2.38. The molecule has 26 heavy (non-hydrogen) atoms. The van der Waals surface area contributed by atoms with Gasteiger partial charge in [-0.1, -0.05) is 13.8 Å². The molecule has 0 spiro atoms. The summed E-state index contributed by atoms with van der Waals surface area (Å²) in [5.41, 5.74) is 5.80. The summed E-state index contributed by atoms with van der Waals surface area (Å²) in [7, 11) is 0. The quantitative estimate of drug-likeness (QED) is 0.269. The maximum absolute atomic E-state index is 12.7. The lowest BCUT2D eigenvalue weighted by Gasteiger charge is -2.38. The molecule has 0 fully saturated rings. The number of amides is 1. The van der Waals surface area contributed by atoms with E-state index in [1.54, 1.807) is 13.0 Å². The van der Waals surface area contributed by atoms with Gasteiger partial charge in [0.25, 0.3) is 5.91 Å². The van der Waals surface area contributed by atoms with Gasteiger partial charge in [-0.25, -0.2) is 9.18 Å². The van der Waals surface area contributed by atoms with Gasteiger partial charge in [0, 0.05) is 12.0 Å². The van der Waals surface area contributed by atoms with Gasteiger partial charge in [-0.05, 0) is 25.8 Å². The molecule has 0 bridgehead atoms. The van der Waals surface area contributed by atoms with Crippen LogP contribution in [0.1, 0.15) is 40.0 Å². The monoisotopic (exact) mass is 372 g/mol. The van der Waals surface area contributed by atoms with Crippen molar-refractivity contribution in [2.75, 3.05) is 13.3 Å². The van der Waals surface area contributed by atoms with Crippen LogP contribution >= 0.6 is 0 Å². The van der Waals surface area contributed by atoms with Crippen LogP contribution in [0, 0.1) is 5.41 Å². The van der Waals surface area contributed by atoms with Crippen molar-refractivity contribution in [2.24, 2.45) is 5.73 Å². The highest BCUT2D eigenvalue weighted by Crippen LogP contribution is 2.25. The highest BCUT2D eigenvalue weighted by atomic mass is 19.1. The van der Waals surface area contributed by atoms with E-state index in [9.17, 15) is 14.0 Å². The van der Waals surface area contributed by atoms with Gasteiger partial charge >= 0.3 is 5.97 Å². The number of hydrogen-bond acceptors (Lipinski definition) is 5. The lowest BCUT2D eigenvalue weighted by atomic mass is 9.87. The Balaban J connectivity index is 3.19. The van der Waals surface area contributed by atoms with Crippen molar-refractivity contribution in [1.82, 2.24) is 10.6 Å². The van der Waals surface area contributed by atoms with Gasteiger partial charge in [0.05, 0.1) is 30.9 Å². The van der Waals surface area contributed by atoms with Crippen molar-refractivity contribution in [2.45, 2.75) is 64.3 Å². The van der Waals surface area contributed by atoms with E-state index in [1.807, 2.05) is 13.8 Å². The molecule has 1 rings (SSSR count). The molecule has 0 heterocycles. The lowest BCUT2D eigenvalue weighted by Crippen LogP contribution is -2.60. The van der Waals surface area contributed by atoms with Crippen LogP contribution in [0.3, 0.4) is 0 Å². The van der Waals surface area contributed by atoms with Crippen LogP contribution in [0.2, 0.25) is 0 Å². The van der Waals surface area contributed by atoms with Crippen molar-refractivity contribution in [3.63, 3.8) is 0 Å². The minimum absolute atomic E-state index is 0.0967. The zero-order chi connectivity index (χ0) is 19.7. The Morgan fingerprint density at radius 3 is 2.50 bits per heavy atom. The number of alkyl halides is 1. The first-order valence-corrected chi connectivity index (χ1v) is 8.85. The molecule has 3 atom stereocenters. The number of ether oxygens (including phenoxy) is 2. The third-order valence-corrected chi connectivity index (χ3v) is 4.18. The van der Waals surface area contributed by atoms with Crippen LogP contribution in [-0.2, 0) is 19.1 Å². The Morgan fingerprint density at radius 2 is 2.00 bits per heavy atom. The van der Waals surface area contributed by atoms with Crippen LogP contribution in [0.5, 0.6) is 0 Å². The summed E-state index contributed by atoms with van der Waals surface area (Å²) in [4.78, 5) is 23.8. The summed E-state index contributed by atoms with van der Waals surface area (Å²) in [6.07, 6.45) is 2.48. The number of halogens is 1. The number of nitrogens with two attached hydrogens (primary N) is 1. The predicted octanol–water partition coefficient (Wildman–Crippen LogP) is 0.759. The van der Waals surface area contributed by atoms with Crippen LogP contribution in [0.15, 0.2) is 11.6 Å². The van der Waals surface area contributed by atoms with Crippen LogP contribution in [0.25, 0.3) is 0 Å². The molecule has 9 heteroatoms. The largest absolute Gasteiger partial charge is 0.463 e. The van der Waals surface area contributed by atoms with E-state index < -0.39 is 36.7 Å². The molecule has 0 unspecified atom stereocenters. The van der Waals surface area contributed by atoms with Crippen molar-refractivity contribution in [3.8, 4) is 0 Å². The molecule has 0 aliphatic heterocycles. The number of nitrogens with one attached hydrogen (secondary N) is 3. The SMILES string of the molecule is CCOC(=O)C1=C[C@@H](OC(CC)CC)[C@H](NC(=O)CF)[C@@H](NC(=N)N)C1. The first-order valence-electron chi connectivity index (χ1n) is 8.85. The van der Waals surface area contributed by atoms with Crippen molar-refractivity contribution < 1.29 is 23.5 Å². The van der Waals surface area contributed by atoms with E-state index in [1.165, 1.54) is 0 Å². The molecule has 0 saturated carbocycles. The minimum atomic E-state index is -1.17. The van der Waals surface area contributed by atoms with E-state index in [-0.39, 0.29) is 25.1 Å². The standard InChI is InChI=1S/C17H29FN4O4/c1-4-11(5-2)26-13-8-10(16(24)25-6-3)7-12(21-17(19)20)15(13)22-14(23)9-18/h8,11-13,15H,4-7,9H2,1-3H3,(H,22,23)(H4,19,20,21)/t12-,13+,15+/m0/s1. The Hall–Kier alpha value is -2.16. The highest BCUT2D eigenvalue weighted by molar-refractivity contribution is 5.89. The molecule has 0 radical (unpaired) electrons. The van der Waals surface area contributed by atoms with Gasteiger partial charge in [0.1, 0.15) is 0 Å². The van der Waals surface area contributed by atoms with Gasteiger partial charge in [-0.3, -0.25) is 10.2 Å². The summed E-state index contributed by atoms with van der Waals surface area (Å²) < 4.78 is 23.8. The molecule has 148 valence electrons. The Bertz CT molecular complexity index is 537. The molecule has 0 aromatic heterocycles. The molecule has 8 nitrogen and oxygen atoms in total. The second kappa shape index (κ2) is 10.7. The molecule has 5 N–H and O–H groups in total. The Labute approximate surface area is 153 Å². The van der Waals surface area contributed by atoms with E-state index in [0.29, 0.717) is 5.57 Å². The summed E-state index contributed by atoms with van der Waals surface area (Å²) in [5, 5.41) is 12.8. The average Bonchev–Trinajstić information content (AvgIpc) is 2.61. The number of rotatable bonds is 9. The van der Waals surface area contributed by atoms with Gasteiger partial charge in [0.15, 0.2) is 12.6 Å². The molecule has 0 aromatic carbocycles. The second-order valence-electron chi connectivity index (χ2n) is 6.05. The van der Waals surface area contributed by atoms with Gasteiger partial charge in [-0.2, -0.15) is 0 Å². The normalized spacial score (nSPS) is 22.5. The molecule has 1 aliphatic carbocycles. The van der Waals surface area contributed by atoms with Crippen molar-refractivity contribution in [1.29, 1.82) is 5.41 Å². The maximum Gasteiger partial charge on any atom is 0.333 e. The van der Waals surface area contributed by atoms with E-state index >= 15 is 0 Å². The topological polar surface area (TPSA) is 127 Å². The Morgan fingerprint density at radius 1 is 1.35 bits per heavy atom. The summed E-state index contributed by atoms with van der Waals surface area (Å²) >= 11 is 0. The van der Waals surface area contributed by atoms with Crippen molar-refractivity contribution >= 4 is 17.8 Å². The maximum atomic E-state index is 12.7. The molecule has 0 saturated heterocycles. The predicted molar refractivity (Wildman–Crippen MR) is 95.3 cm³/mol. The zero-order valence-corrected chi connectivity index (χ0v) is 15.5. The summed E-state index contributed by atoms with van der Waals surface area (Å²) in [5.74, 6) is -1.60. The third-order valence-electron chi connectivity index (χ3n) is 4.18. The molecular weight excluding hydrogens is 343 g/mol. The fraction of sp³-hybridized carbons (Fsp3) is 0.706. The summed E-state index contributed by atoms with van der Waals surface area (Å²) in [6, 6.07) is -1.28. The van der Waals surface area contributed by atoms with Gasteiger partial charge in [-0.15, -0.1) is 0 Å². The smallest absolute Gasteiger partial charge is 0.333 e. The van der Waals surface area contributed by atoms with Crippen LogP contribution < -0.4 is 16.4 Å². The molecule has 1 amide bonds. The van der Waals surface area contributed by atoms with E-state index in [0.717, 1.165) is 12.8 Å². The minimum Gasteiger partial charge on any atom is -0.463 e.